The van der Waals surface area contributed by atoms with Gasteiger partial charge in [-0.25, -0.2) is 4.79 Å². The molecule has 0 spiro atoms. The predicted molar refractivity (Wildman–Crippen MR) is 75.6 cm³/mol. The Kier molecular flexibility index (Phi) is 3.97. The minimum atomic E-state index is -0.464. The Labute approximate surface area is 118 Å². The van der Waals surface area contributed by atoms with E-state index in [1.165, 1.54) is 0 Å². The molecule has 1 aromatic rings. The SMILES string of the molecule is Cc1ccc(C(=O)NCC(C)(C)N2CCOC2=O)cc1. The van der Waals surface area contributed by atoms with E-state index in [1.54, 1.807) is 17.0 Å². The van der Waals surface area contributed by atoms with Crippen molar-refractivity contribution in [3.63, 3.8) is 0 Å². The molecule has 0 bridgehead atoms. The molecule has 2 rings (SSSR count). The zero-order valence-corrected chi connectivity index (χ0v) is 12.1. The summed E-state index contributed by atoms with van der Waals surface area (Å²) in [6.45, 7) is 7.16. The molecule has 0 aromatic heterocycles. The number of hydrogen-bond acceptors (Lipinski definition) is 3. The molecule has 1 aromatic carbocycles. The largest absolute Gasteiger partial charge is 0.448 e. The second kappa shape index (κ2) is 5.53. The smallest absolute Gasteiger partial charge is 0.410 e. The fraction of sp³-hybridized carbons (Fsp3) is 0.467. The molecule has 5 nitrogen and oxygen atoms in total. The zero-order chi connectivity index (χ0) is 14.8. The van der Waals surface area contributed by atoms with Gasteiger partial charge in [0.15, 0.2) is 0 Å². The summed E-state index contributed by atoms with van der Waals surface area (Å²) in [6.07, 6.45) is -0.320. The summed E-state index contributed by atoms with van der Waals surface area (Å²) in [5.74, 6) is -0.134. The van der Waals surface area contributed by atoms with Crippen LogP contribution in [-0.2, 0) is 4.74 Å². The lowest BCUT2D eigenvalue weighted by Crippen LogP contribution is -2.52. The fourth-order valence-corrected chi connectivity index (χ4v) is 2.14. The number of nitrogens with zero attached hydrogens (tertiary/aromatic N) is 1. The second-order valence-electron chi connectivity index (χ2n) is 5.63. The van der Waals surface area contributed by atoms with Crippen molar-refractivity contribution in [2.24, 2.45) is 0 Å². The van der Waals surface area contributed by atoms with Gasteiger partial charge in [0.25, 0.3) is 5.91 Å². The van der Waals surface area contributed by atoms with Crippen molar-refractivity contribution in [1.29, 1.82) is 0 Å². The molecule has 1 N–H and O–H groups in total. The highest BCUT2D eigenvalue weighted by Crippen LogP contribution is 2.18. The number of rotatable bonds is 4. The van der Waals surface area contributed by atoms with Gasteiger partial charge in [0, 0.05) is 12.1 Å². The van der Waals surface area contributed by atoms with E-state index in [1.807, 2.05) is 32.9 Å². The van der Waals surface area contributed by atoms with Crippen molar-refractivity contribution in [2.45, 2.75) is 26.3 Å². The molecular formula is C15H20N2O3. The van der Waals surface area contributed by atoms with Crippen LogP contribution in [0.3, 0.4) is 0 Å². The Morgan fingerprint density at radius 2 is 2.00 bits per heavy atom. The number of ether oxygens (including phenoxy) is 1. The number of nitrogens with one attached hydrogen (secondary N) is 1. The molecule has 20 heavy (non-hydrogen) atoms. The van der Waals surface area contributed by atoms with E-state index in [2.05, 4.69) is 5.32 Å². The number of amides is 2. The lowest BCUT2D eigenvalue weighted by molar-refractivity contribution is 0.0903. The van der Waals surface area contributed by atoms with Crippen molar-refractivity contribution in [1.82, 2.24) is 10.2 Å². The summed E-state index contributed by atoms with van der Waals surface area (Å²) in [4.78, 5) is 25.3. The minimum absolute atomic E-state index is 0.134. The van der Waals surface area contributed by atoms with Crippen molar-refractivity contribution in [3.05, 3.63) is 35.4 Å². The summed E-state index contributed by atoms with van der Waals surface area (Å²) < 4.78 is 4.93. The molecule has 1 fully saturated rings. The predicted octanol–water partition coefficient (Wildman–Crippen LogP) is 1.96. The molecule has 108 valence electrons. The van der Waals surface area contributed by atoms with Gasteiger partial charge in [-0.15, -0.1) is 0 Å². The third-order valence-electron chi connectivity index (χ3n) is 3.49. The van der Waals surface area contributed by atoms with E-state index in [0.717, 1.165) is 5.56 Å². The lowest BCUT2D eigenvalue weighted by atomic mass is 10.0. The van der Waals surface area contributed by atoms with Gasteiger partial charge < -0.3 is 10.1 Å². The van der Waals surface area contributed by atoms with Crippen LogP contribution in [0.4, 0.5) is 4.79 Å². The van der Waals surface area contributed by atoms with Crippen LogP contribution in [0, 0.1) is 6.92 Å². The van der Waals surface area contributed by atoms with E-state index in [4.69, 9.17) is 4.74 Å². The summed E-state index contributed by atoms with van der Waals surface area (Å²) in [5.41, 5.74) is 1.27. The minimum Gasteiger partial charge on any atom is -0.448 e. The monoisotopic (exact) mass is 276 g/mol. The van der Waals surface area contributed by atoms with Crippen LogP contribution in [-0.4, -0.2) is 42.1 Å². The van der Waals surface area contributed by atoms with E-state index in [0.29, 0.717) is 25.3 Å². The average molecular weight is 276 g/mol. The number of aryl methyl sites for hydroxylation is 1. The topological polar surface area (TPSA) is 58.6 Å². The van der Waals surface area contributed by atoms with Gasteiger partial charge in [0.2, 0.25) is 0 Å². The van der Waals surface area contributed by atoms with Crippen LogP contribution < -0.4 is 5.32 Å². The molecule has 1 aliphatic heterocycles. The summed E-state index contributed by atoms with van der Waals surface area (Å²) >= 11 is 0. The fourth-order valence-electron chi connectivity index (χ4n) is 2.14. The lowest BCUT2D eigenvalue weighted by Gasteiger charge is -2.33. The Hall–Kier alpha value is -2.04. The third-order valence-corrected chi connectivity index (χ3v) is 3.49. The van der Waals surface area contributed by atoms with Gasteiger partial charge in [-0.05, 0) is 32.9 Å². The maximum Gasteiger partial charge on any atom is 0.410 e. The van der Waals surface area contributed by atoms with E-state index in [-0.39, 0.29) is 12.0 Å². The Bertz CT molecular complexity index is 508. The highest BCUT2D eigenvalue weighted by Gasteiger charge is 2.35. The van der Waals surface area contributed by atoms with E-state index in [9.17, 15) is 9.59 Å². The quantitative estimate of drug-likeness (QED) is 0.914. The molecule has 1 aliphatic rings. The first-order valence-electron chi connectivity index (χ1n) is 6.69. The number of cyclic esters (lactones) is 1. The van der Waals surface area contributed by atoms with Gasteiger partial charge in [0.05, 0.1) is 12.1 Å². The first-order chi connectivity index (χ1) is 9.40. The van der Waals surface area contributed by atoms with E-state index < -0.39 is 5.54 Å². The second-order valence-corrected chi connectivity index (χ2v) is 5.63. The van der Waals surface area contributed by atoms with Gasteiger partial charge in [-0.2, -0.15) is 0 Å². The summed E-state index contributed by atoms with van der Waals surface area (Å²) in [5, 5.41) is 2.87. The van der Waals surface area contributed by atoms with Gasteiger partial charge in [0.1, 0.15) is 6.61 Å². The van der Waals surface area contributed by atoms with Crippen LogP contribution in [0.5, 0.6) is 0 Å². The van der Waals surface area contributed by atoms with Gasteiger partial charge in [-0.3, -0.25) is 9.69 Å². The molecule has 1 saturated heterocycles. The molecule has 0 atom stereocenters. The normalized spacial score (nSPS) is 15.2. The Morgan fingerprint density at radius 3 is 2.55 bits per heavy atom. The highest BCUT2D eigenvalue weighted by molar-refractivity contribution is 5.94. The molecule has 0 aliphatic carbocycles. The molecular weight excluding hydrogens is 256 g/mol. The molecule has 0 saturated carbocycles. The van der Waals surface area contributed by atoms with Crippen molar-refractivity contribution in [2.75, 3.05) is 19.7 Å². The standard InChI is InChI=1S/C15H20N2O3/c1-11-4-6-12(7-5-11)13(18)16-10-15(2,3)17-8-9-20-14(17)19/h4-7H,8-10H2,1-3H3,(H,16,18). The third kappa shape index (κ3) is 3.10. The Morgan fingerprint density at radius 1 is 1.35 bits per heavy atom. The molecule has 2 amide bonds. The molecule has 0 unspecified atom stereocenters. The van der Waals surface area contributed by atoms with Crippen LogP contribution in [0.15, 0.2) is 24.3 Å². The highest BCUT2D eigenvalue weighted by atomic mass is 16.6. The summed E-state index contributed by atoms with van der Waals surface area (Å²) in [7, 11) is 0. The molecule has 1 heterocycles. The maximum atomic E-state index is 12.1. The first-order valence-corrected chi connectivity index (χ1v) is 6.69. The van der Waals surface area contributed by atoms with Crippen molar-refractivity contribution in [3.8, 4) is 0 Å². The average Bonchev–Trinajstić information content (AvgIpc) is 2.84. The van der Waals surface area contributed by atoms with Crippen molar-refractivity contribution < 1.29 is 14.3 Å². The number of hydrogen-bond donors (Lipinski definition) is 1. The maximum absolute atomic E-state index is 12.1. The van der Waals surface area contributed by atoms with Gasteiger partial charge in [-0.1, -0.05) is 17.7 Å². The number of carbonyl (C=O) groups is 2. The van der Waals surface area contributed by atoms with Crippen LogP contribution in [0.2, 0.25) is 0 Å². The van der Waals surface area contributed by atoms with Crippen LogP contribution in [0.25, 0.3) is 0 Å². The number of carbonyl (C=O) groups excluding carboxylic acids is 2. The first kappa shape index (κ1) is 14.4. The summed E-state index contributed by atoms with van der Waals surface area (Å²) in [6, 6.07) is 7.39. The van der Waals surface area contributed by atoms with Crippen LogP contribution >= 0.6 is 0 Å². The Balaban J connectivity index is 1.95. The zero-order valence-electron chi connectivity index (χ0n) is 12.1. The molecule has 0 radical (unpaired) electrons. The van der Waals surface area contributed by atoms with E-state index >= 15 is 0 Å². The number of benzene rings is 1. The van der Waals surface area contributed by atoms with Gasteiger partial charge >= 0.3 is 6.09 Å². The molecule has 5 heteroatoms. The van der Waals surface area contributed by atoms with Crippen molar-refractivity contribution >= 4 is 12.0 Å². The van der Waals surface area contributed by atoms with Crippen LogP contribution in [0.1, 0.15) is 29.8 Å².